The zero-order chi connectivity index (χ0) is 23.7. The van der Waals surface area contributed by atoms with Gasteiger partial charge >= 0.3 is 0 Å². The van der Waals surface area contributed by atoms with Crippen molar-refractivity contribution in [2.45, 2.75) is 13.5 Å². The Morgan fingerprint density at radius 2 is 1.70 bits per heavy atom. The third-order valence-electron chi connectivity index (χ3n) is 5.82. The van der Waals surface area contributed by atoms with Gasteiger partial charge in [0.25, 0.3) is 5.56 Å². The van der Waals surface area contributed by atoms with Crippen molar-refractivity contribution in [3.8, 4) is 28.5 Å². The fourth-order valence-electron chi connectivity index (χ4n) is 3.96. The SMILES string of the molecule is COc1ccc2c(c1)c(C(=O)Cn1nc(-c3ccc(OC)c(OC)c3)ccc1=O)c(C)n2C. The molecule has 4 aromatic rings. The molecule has 0 aliphatic heterocycles. The minimum atomic E-state index is -0.358. The molecule has 8 heteroatoms. The number of hydrogen-bond acceptors (Lipinski definition) is 6. The highest BCUT2D eigenvalue weighted by molar-refractivity contribution is 6.09. The average Bonchev–Trinajstić information content (AvgIpc) is 3.09. The van der Waals surface area contributed by atoms with Crippen molar-refractivity contribution >= 4 is 16.7 Å². The van der Waals surface area contributed by atoms with Crippen molar-refractivity contribution < 1.29 is 19.0 Å². The monoisotopic (exact) mass is 447 g/mol. The molecule has 33 heavy (non-hydrogen) atoms. The molecule has 0 bridgehead atoms. The third kappa shape index (κ3) is 3.95. The van der Waals surface area contributed by atoms with Crippen LogP contribution in [0.1, 0.15) is 16.1 Å². The number of rotatable bonds is 7. The molecule has 170 valence electrons. The van der Waals surface area contributed by atoms with Gasteiger partial charge in [-0.25, -0.2) is 4.68 Å². The van der Waals surface area contributed by atoms with Gasteiger partial charge < -0.3 is 18.8 Å². The van der Waals surface area contributed by atoms with Crippen molar-refractivity contribution in [1.29, 1.82) is 0 Å². The van der Waals surface area contributed by atoms with Gasteiger partial charge in [-0.1, -0.05) is 0 Å². The first-order valence-electron chi connectivity index (χ1n) is 10.3. The highest BCUT2D eigenvalue weighted by Gasteiger charge is 2.20. The van der Waals surface area contributed by atoms with Crippen molar-refractivity contribution in [1.82, 2.24) is 14.3 Å². The lowest BCUT2D eigenvalue weighted by molar-refractivity contribution is 0.0966. The quantitative estimate of drug-likeness (QED) is 0.403. The molecule has 0 fully saturated rings. The second-order valence-corrected chi connectivity index (χ2v) is 7.61. The van der Waals surface area contributed by atoms with Crippen LogP contribution in [0, 0.1) is 6.92 Å². The first kappa shape index (κ1) is 22.1. The van der Waals surface area contributed by atoms with E-state index >= 15 is 0 Å². The van der Waals surface area contributed by atoms with Crippen LogP contribution >= 0.6 is 0 Å². The lowest BCUT2D eigenvalue weighted by Gasteiger charge is -2.11. The van der Waals surface area contributed by atoms with E-state index in [-0.39, 0.29) is 17.9 Å². The van der Waals surface area contributed by atoms with Crippen LogP contribution in [-0.2, 0) is 13.6 Å². The number of carbonyl (C=O) groups excluding carboxylic acids is 1. The summed E-state index contributed by atoms with van der Waals surface area (Å²) in [4.78, 5) is 25.9. The molecule has 0 aliphatic rings. The zero-order valence-corrected chi connectivity index (χ0v) is 19.2. The highest BCUT2D eigenvalue weighted by atomic mass is 16.5. The normalized spacial score (nSPS) is 10.9. The van der Waals surface area contributed by atoms with E-state index in [1.54, 1.807) is 39.5 Å². The van der Waals surface area contributed by atoms with Crippen LogP contribution in [0.15, 0.2) is 53.3 Å². The van der Waals surface area contributed by atoms with Crippen LogP contribution in [0.5, 0.6) is 17.2 Å². The number of aryl methyl sites for hydroxylation is 1. The van der Waals surface area contributed by atoms with E-state index in [0.29, 0.717) is 28.5 Å². The van der Waals surface area contributed by atoms with Gasteiger partial charge in [0.05, 0.1) is 27.0 Å². The Labute approximate surface area is 190 Å². The van der Waals surface area contributed by atoms with Gasteiger partial charge in [-0.05, 0) is 49.4 Å². The largest absolute Gasteiger partial charge is 0.497 e. The number of carbonyl (C=O) groups is 1. The molecule has 2 aromatic heterocycles. The van der Waals surface area contributed by atoms with Gasteiger partial charge in [-0.2, -0.15) is 5.10 Å². The predicted octanol–water partition coefficient (Wildman–Crippen LogP) is 3.62. The van der Waals surface area contributed by atoms with Crippen LogP contribution in [0.25, 0.3) is 22.2 Å². The Hall–Kier alpha value is -4.07. The van der Waals surface area contributed by atoms with Crippen LogP contribution in [0.2, 0.25) is 0 Å². The number of fused-ring (bicyclic) bond motifs is 1. The maximum absolute atomic E-state index is 13.4. The number of hydrogen-bond donors (Lipinski definition) is 0. The molecule has 8 nitrogen and oxygen atoms in total. The molecule has 0 atom stereocenters. The van der Waals surface area contributed by atoms with Gasteiger partial charge in [0.2, 0.25) is 0 Å². The summed E-state index contributed by atoms with van der Waals surface area (Å²) < 4.78 is 19.1. The van der Waals surface area contributed by atoms with Gasteiger partial charge in [-0.3, -0.25) is 9.59 Å². The summed E-state index contributed by atoms with van der Waals surface area (Å²) in [5, 5.41) is 5.23. The molecule has 0 aliphatic carbocycles. The number of Topliss-reactive ketones (excluding diaryl/α,β-unsaturated/α-hetero) is 1. The van der Waals surface area contributed by atoms with E-state index in [4.69, 9.17) is 14.2 Å². The van der Waals surface area contributed by atoms with Crippen LogP contribution in [0.3, 0.4) is 0 Å². The first-order valence-corrected chi connectivity index (χ1v) is 10.3. The summed E-state index contributed by atoms with van der Waals surface area (Å²) in [7, 11) is 6.60. The summed E-state index contributed by atoms with van der Waals surface area (Å²) in [6, 6.07) is 14.0. The van der Waals surface area contributed by atoms with Gasteiger partial charge in [0.15, 0.2) is 17.3 Å². The van der Waals surface area contributed by atoms with Crippen LogP contribution in [0.4, 0.5) is 0 Å². The van der Waals surface area contributed by atoms with Crippen molar-refractivity contribution in [2.75, 3.05) is 21.3 Å². The number of methoxy groups -OCH3 is 3. The fourth-order valence-corrected chi connectivity index (χ4v) is 3.96. The molecule has 0 N–H and O–H groups in total. The smallest absolute Gasteiger partial charge is 0.267 e. The van der Waals surface area contributed by atoms with Crippen LogP contribution < -0.4 is 19.8 Å². The lowest BCUT2D eigenvalue weighted by Crippen LogP contribution is -2.26. The maximum atomic E-state index is 13.4. The standard InChI is InChI=1S/C25H25N3O5/c1-15-25(18-13-17(31-3)7-9-20(18)27(15)2)21(29)14-28-24(30)11-8-19(26-28)16-6-10-22(32-4)23(12-16)33-5/h6-13H,14H2,1-5H3. The number of ether oxygens (including phenoxy) is 3. The van der Waals surface area contributed by atoms with Crippen molar-refractivity contribution in [2.24, 2.45) is 7.05 Å². The molecule has 0 radical (unpaired) electrons. The van der Waals surface area contributed by atoms with E-state index < -0.39 is 0 Å². The fraction of sp³-hybridized carbons (Fsp3) is 0.240. The Morgan fingerprint density at radius 3 is 2.39 bits per heavy atom. The summed E-state index contributed by atoms with van der Waals surface area (Å²) >= 11 is 0. The zero-order valence-electron chi connectivity index (χ0n) is 19.2. The Bertz CT molecular complexity index is 1420. The number of aromatic nitrogens is 3. The minimum Gasteiger partial charge on any atom is -0.497 e. The first-order chi connectivity index (χ1) is 15.9. The summed E-state index contributed by atoms with van der Waals surface area (Å²) in [6.07, 6.45) is 0. The Morgan fingerprint density at radius 1 is 0.939 bits per heavy atom. The van der Waals surface area contributed by atoms with E-state index in [1.807, 2.05) is 42.8 Å². The topological polar surface area (TPSA) is 84.6 Å². The minimum absolute atomic E-state index is 0.183. The molecule has 0 spiro atoms. The Kier molecular flexibility index (Phi) is 5.91. The maximum Gasteiger partial charge on any atom is 0.267 e. The predicted molar refractivity (Wildman–Crippen MR) is 126 cm³/mol. The van der Waals surface area contributed by atoms with Gasteiger partial charge in [0.1, 0.15) is 12.3 Å². The second-order valence-electron chi connectivity index (χ2n) is 7.61. The highest BCUT2D eigenvalue weighted by Crippen LogP contribution is 2.32. The molecule has 0 unspecified atom stereocenters. The number of benzene rings is 2. The molecular weight excluding hydrogens is 422 g/mol. The summed E-state index contributed by atoms with van der Waals surface area (Å²) in [5.74, 6) is 1.59. The third-order valence-corrected chi connectivity index (χ3v) is 5.82. The molecule has 0 saturated heterocycles. The van der Waals surface area contributed by atoms with Crippen molar-refractivity contribution in [3.05, 3.63) is 70.1 Å². The summed E-state index contributed by atoms with van der Waals surface area (Å²) in [5.41, 5.74) is 3.20. The van der Waals surface area contributed by atoms with E-state index in [1.165, 1.54) is 10.7 Å². The van der Waals surface area contributed by atoms with E-state index in [0.717, 1.165) is 22.2 Å². The molecular formula is C25H25N3O5. The number of nitrogens with zero attached hydrogens (tertiary/aromatic N) is 3. The van der Waals surface area contributed by atoms with Gasteiger partial charge in [0, 0.05) is 40.8 Å². The van der Waals surface area contributed by atoms with Gasteiger partial charge in [-0.15, -0.1) is 0 Å². The van der Waals surface area contributed by atoms with E-state index in [2.05, 4.69) is 5.10 Å². The van der Waals surface area contributed by atoms with Crippen LogP contribution in [-0.4, -0.2) is 41.5 Å². The lowest BCUT2D eigenvalue weighted by atomic mass is 10.1. The van der Waals surface area contributed by atoms with Crippen molar-refractivity contribution in [3.63, 3.8) is 0 Å². The molecule has 2 heterocycles. The summed E-state index contributed by atoms with van der Waals surface area (Å²) in [6.45, 7) is 1.70. The Balaban J connectivity index is 1.73. The molecule has 4 rings (SSSR count). The average molecular weight is 447 g/mol. The molecule has 0 amide bonds. The second kappa shape index (κ2) is 8.82. The van der Waals surface area contributed by atoms with E-state index in [9.17, 15) is 9.59 Å². The number of ketones is 1. The molecule has 2 aromatic carbocycles. The molecule has 0 saturated carbocycles.